The Morgan fingerprint density at radius 1 is 0.974 bits per heavy atom. The highest BCUT2D eigenvalue weighted by Gasteiger charge is 2.42. The molecule has 0 unspecified atom stereocenters. The molecule has 2 aliphatic heterocycles. The maximum Gasteiger partial charge on any atom is 0.338 e. The minimum atomic E-state index is -0.485. The van der Waals surface area contributed by atoms with E-state index in [1.807, 2.05) is 109 Å². The molecular formula is C32H31N3O3S. The number of amidine groups is 1. The first-order chi connectivity index (χ1) is 19.0. The molecule has 0 saturated carbocycles. The Labute approximate surface area is 233 Å². The fourth-order valence-electron chi connectivity index (χ4n) is 4.91. The maximum atomic E-state index is 13.6. The van der Waals surface area contributed by atoms with Gasteiger partial charge in [-0.2, -0.15) is 0 Å². The number of ether oxygens (including phenoxy) is 1. The number of hydrogen-bond acceptors (Lipinski definition) is 6. The van der Waals surface area contributed by atoms with E-state index in [1.165, 1.54) is 11.8 Å². The molecule has 1 atom stereocenters. The van der Waals surface area contributed by atoms with Crippen molar-refractivity contribution in [2.75, 3.05) is 13.7 Å². The SMILES string of the molecule is CCOC(=O)C1=C(c2ccccc2)N=C2SC=C(CC(=O)N(C)Cc3ccccc3)N2[C@H]1c1ccccc1C. The largest absolute Gasteiger partial charge is 0.463 e. The standard InChI is InChI=1S/C32H31N3O3S/c1-4-38-31(37)28-29(24-16-9-6-10-17-24)33-32-35(30(28)26-18-12-11-13-22(26)2)25(21-39-32)19-27(36)34(3)20-23-14-7-5-8-15-23/h5-18,21,30H,4,19-20H2,1-3H3/t30-/m0/s1. The summed E-state index contributed by atoms with van der Waals surface area (Å²) in [4.78, 5) is 35.8. The van der Waals surface area contributed by atoms with Crippen LogP contribution in [0.2, 0.25) is 0 Å². The van der Waals surface area contributed by atoms with Crippen LogP contribution < -0.4 is 0 Å². The number of hydrogen-bond donors (Lipinski definition) is 0. The van der Waals surface area contributed by atoms with Gasteiger partial charge in [0.15, 0.2) is 5.17 Å². The molecule has 0 bridgehead atoms. The number of carbonyl (C=O) groups excluding carboxylic acids is 2. The number of aliphatic imine (C=N–C) groups is 1. The summed E-state index contributed by atoms with van der Waals surface area (Å²) in [7, 11) is 1.82. The number of fused-ring (bicyclic) bond motifs is 1. The Balaban J connectivity index is 1.55. The van der Waals surface area contributed by atoms with Crippen LogP contribution in [0.4, 0.5) is 0 Å². The number of thioether (sulfide) groups is 1. The van der Waals surface area contributed by atoms with Crippen molar-refractivity contribution in [2.45, 2.75) is 32.9 Å². The summed E-state index contributed by atoms with van der Waals surface area (Å²) < 4.78 is 5.60. The van der Waals surface area contributed by atoms with Crippen molar-refractivity contribution >= 4 is 34.5 Å². The van der Waals surface area contributed by atoms with Gasteiger partial charge < -0.3 is 14.5 Å². The molecule has 5 rings (SSSR count). The molecule has 0 aromatic heterocycles. The van der Waals surface area contributed by atoms with Crippen LogP contribution in [0.25, 0.3) is 5.70 Å². The van der Waals surface area contributed by atoms with Gasteiger partial charge in [0.2, 0.25) is 5.91 Å². The zero-order valence-corrected chi connectivity index (χ0v) is 23.2. The van der Waals surface area contributed by atoms with Crippen LogP contribution in [0.3, 0.4) is 0 Å². The molecule has 0 N–H and O–H groups in total. The number of amides is 1. The van der Waals surface area contributed by atoms with Gasteiger partial charge in [-0.3, -0.25) is 4.79 Å². The summed E-state index contributed by atoms with van der Waals surface area (Å²) >= 11 is 1.48. The van der Waals surface area contributed by atoms with Crippen molar-refractivity contribution in [3.05, 3.63) is 124 Å². The molecule has 1 amide bonds. The average molecular weight is 538 g/mol. The van der Waals surface area contributed by atoms with Crippen LogP contribution in [0.5, 0.6) is 0 Å². The summed E-state index contributed by atoms with van der Waals surface area (Å²) in [5.41, 5.74) is 5.82. The third-order valence-electron chi connectivity index (χ3n) is 6.86. The highest BCUT2D eigenvalue weighted by Crippen LogP contribution is 2.47. The third kappa shape index (κ3) is 5.54. The molecule has 0 spiro atoms. The van der Waals surface area contributed by atoms with Crippen molar-refractivity contribution in [1.82, 2.24) is 9.80 Å². The number of nitrogens with zero attached hydrogens (tertiary/aromatic N) is 3. The first-order valence-corrected chi connectivity index (χ1v) is 13.9. The highest BCUT2D eigenvalue weighted by atomic mass is 32.2. The third-order valence-corrected chi connectivity index (χ3v) is 7.75. The van der Waals surface area contributed by atoms with E-state index in [-0.39, 0.29) is 18.9 Å². The first kappa shape index (κ1) is 26.5. The number of rotatable bonds is 8. The van der Waals surface area contributed by atoms with Crippen molar-refractivity contribution < 1.29 is 14.3 Å². The smallest absolute Gasteiger partial charge is 0.338 e. The molecule has 3 aromatic carbocycles. The molecule has 6 nitrogen and oxygen atoms in total. The Bertz CT molecular complexity index is 1460. The van der Waals surface area contributed by atoms with Gasteiger partial charge >= 0.3 is 5.97 Å². The van der Waals surface area contributed by atoms with Crippen LogP contribution in [0.15, 0.2) is 107 Å². The van der Waals surface area contributed by atoms with Gasteiger partial charge in [-0.25, -0.2) is 9.79 Å². The summed E-state index contributed by atoms with van der Waals surface area (Å²) in [6.07, 6.45) is 0.189. The van der Waals surface area contributed by atoms with E-state index < -0.39 is 12.0 Å². The molecule has 0 aliphatic carbocycles. The lowest BCUT2D eigenvalue weighted by Crippen LogP contribution is -2.38. The van der Waals surface area contributed by atoms with E-state index >= 15 is 0 Å². The van der Waals surface area contributed by atoms with E-state index in [2.05, 4.69) is 0 Å². The number of carbonyl (C=O) groups is 2. The minimum Gasteiger partial charge on any atom is -0.463 e. The van der Waals surface area contributed by atoms with Gasteiger partial charge in [0, 0.05) is 24.9 Å². The zero-order chi connectivity index (χ0) is 27.4. The summed E-state index contributed by atoms with van der Waals surface area (Å²) in [5.74, 6) is -0.415. The van der Waals surface area contributed by atoms with E-state index in [0.717, 1.165) is 33.1 Å². The fraction of sp³-hybridized carbons (Fsp3) is 0.219. The molecule has 0 fully saturated rings. The Morgan fingerprint density at radius 2 is 1.64 bits per heavy atom. The van der Waals surface area contributed by atoms with Crippen LogP contribution in [0.1, 0.15) is 41.6 Å². The summed E-state index contributed by atoms with van der Waals surface area (Å²) in [6.45, 7) is 4.62. The van der Waals surface area contributed by atoms with Gasteiger partial charge in [-0.05, 0) is 35.9 Å². The molecule has 0 radical (unpaired) electrons. The number of benzene rings is 3. The van der Waals surface area contributed by atoms with Gasteiger partial charge in [-0.15, -0.1) is 0 Å². The Hall–Kier alpha value is -4.10. The predicted octanol–water partition coefficient (Wildman–Crippen LogP) is 6.32. The summed E-state index contributed by atoms with van der Waals surface area (Å²) in [5, 5.41) is 2.72. The molecule has 3 aromatic rings. The zero-order valence-electron chi connectivity index (χ0n) is 22.3. The van der Waals surface area contributed by atoms with Crippen LogP contribution in [-0.4, -0.2) is 40.5 Å². The molecule has 2 heterocycles. The second-order valence-electron chi connectivity index (χ2n) is 9.51. The lowest BCUT2D eigenvalue weighted by Gasteiger charge is -2.37. The van der Waals surface area contributed by atoms with Gasteiger partial charge in [-0.1, -0.05) is 96.7 Å². The maximum absolute atomic E-state index is 13.6. The molecule has 198 valence electrons. The quantitative estimate of drug-likeness (QED) is 0.315. The molecule has 0 saturated heterocycles. The average Bonchev–Trinajstić information content (AvgIpc) is 3.35. The number of aryl methyl sites for hydroxylation is 1. The molecule has 39 heavy (non-hydrogen) atoms. The molecule has 2 aliphatic rings. The second-order valence-corrected chi connectivity index (χ2v) is 10.3. The fourth-order valence-corrected chi connectivity index (χ4v) is 5.83. The van der Waals surface area contributed by atoms with Crippen LogP contribution >= 0.6 is 11.8 Å². The molecule has 7 heteroatoms. The van der Waals surface area contributed by atoms with Crippen molar-refractivity contribution in [2.24, 2.45) is 4.99 Å². The lowest BCUT2D eigenvalue weighted by molar-refractivity contribution is -0.139. The van der Waals surface area contributed by atoms with E-state index in [1.54, 1.807) is 11.8 Å². The monoisotopic (exact) mass is 537 g/mol. The predicted molar refractivity (Wildman–Crippen MR) is 156 cm³/mol. The van der Waals surface area contributed by atoms with Gasteiger partial charge in [0.1, 0.15) is 0 Å². The lowest BCUT2D eigenvalue weighted by atomic mass is 9.89. The Kier molecular flexibility index (Phi) is 7.98. The van der Waals surface area contributed by atoms with Gasteiger partial charge in [0.05, 0.1) is 30.3 Å². The minimum absolute atomic E-state index is 0.00833. The summed E-state index contributed by atoms with van der Waals surface area (Å²) in [6, 6.07) is 27.2. The highest BCUT2D eigenvalue weighted by molar-refractivity contribution is 8.16. The van der Waals surface area contributed by atoms with E-state index in [0.29, 0.717) is 17.8 Å². The van der Waals surface area contributed by atoms with Crippen LogP contribution in [0, 0.1) is 6.92 Å². The normalized spacial score (nSPS) is 16.4. The van der Waals surface area contributed by atoms with E-state index in [9.17, 15) is 9.59 Å². The van der Waals surface area contributed by atoms with E-state index in [4.69, 9.17) is 9.73 Å². The number of esters is 1. The van der Waals surface area contributed by atoms with Crippen molar-refractivity contribution in [1.29, 1.82) is 0 Å². The Morgan fingerprint density at radius 3 is 2.33 bits per heavy atom. The topological polar surface area (TPSA) is 62.2 Å². The van der Waals surface area contributed by atoms with Crippen molar-refractivity contribution in [3.8, 4) is 0 Å². The second kappa shape index (κ2) is 11.7. The first-order valence-electron chi connectivity index (χ1n) is 13.0. The van der Waals surface area contributed by atoms with Crippen LogP contribution in [-0.2, 0) is 20.9 Å². The van der Waals surface area contributed by atoms with Crippen molar-refractivity contribution in [3.63, 3.8) is 0 Å². The molecular weight excluding hydrogens is 506 g/mol. The van der Waals surface area contributed by atoms with Gasteiger partial charge in [0.25, 0.3) is 0 Å².